The Morgan fingerprint density at radius 2 is 2.00 bits per heavy atom. The molecule has 0 fully saturated rings. The van der Waals surface area contributed by atoms with E-state index in [9.17, 15) is 12.8 Å². The molecule has 1 unspecified atom stereocenters. The van der Waals surface area contributed by atoms with Crippen molar-refractivity contribution in [3.8, 4) is 0 Å². The number of hydrogen-bond donors (Lipinski definition) is 1. The molecular weight excluding hydrogens is 317 g/mol. The number of rotatable bonds is 7. The van der Waals surface area contributed by atoms with E-state index in [0.717, 1.165) is 12.5 Å². The van der Waals surface area contributed by atoms with E-state index < -0.39 is 22.4 Å². The van der Waals surface area contributed by atoms with E-state index in [1.165, 1.54) is 10.4 Å². The number of halogens is 2. The molecule has 0 aromatic heterocycles. The first-order valence-electron chi connectivity index (χ1n) is 6.86. The summed E-state index contributed by atoms with van der Waals surface area (Å²) in [4.78, 5) is -0.182. The SMILES string of the molecule is CCC(C)CN(CC)S(=O)(=O)c1cc(F)c(Cl)c(CO)c1. The fourth-order valence-corrected chi connectivity index (χ4v) is 3.71. The predicted molar refractivity (Wildman–Crippen MR) is 81.2 cm³/mol. The molecule has 4 nitrogen and oxygen atoms in total. The Kier molecular flexibility index (Phi) is 6.59. The van der Waals surface area contributed by atoms with Crippen LogP contribution in [0, 0.1) is 11.7 Å². The van der Waals surface area contributed by atoms with Gasteiger partial charge in [0.25, 0.3) is 0 Å². The van der Waals surface area contributed by atoms with Crippen LogP contribution in [0.5, 0.6) is 0 Å². The van der Waals surface area contributed by atoms with Gasteiger partial charge in [0.15, 0.2) is 0 Å². The van der Waals surface area contributed by atoms with Crippen LogP contribution < -0.4 is 0 Å². The molecule has 1 rings (SSSR count). The van der Waals surface area contributed by atoms with Crippen molar-refractivity contribution in [1.29, 1.82) is 0 Å². The van der Waals surface area contributed by atoms with E-state index in [1.807, 2.05) is 13.8 Å². The molecule has 0 radical (unpaired) electrons. The molecule has 1 aromatic rings. The minimum absolute atomic E-state index is 0.0647. The number of sulfonamides is 1. The third-order valence-electron chi connectivity index (χ3n) is 3.45. The normalized spacial score (nSPS) is 13.7. The number of aliphatic hydroxyl groups excluding tert-OH is 1. The van der Waals surface area contributed by atoms with Gasteiger partial charge in [0.2, 0.25) is 10.0 Å². The Labute approximate surface area is 130 Å². The second-order valence-electron chi connectivity index (χ2n) is 5.01. The smallest absolute Gasteiger partial charge is 0.243 e. The molecule has 0 aliphatic rings. The van der Waals surface area contributed by atoms with E-state index >= 15 is 0 Å². The second kappa shape index (κ2) is 7.54. The molecule has 0 heterocycles. The van der Waals surface area contributed by atoms with Crippen molar-refractivity contribution in [3.63, 3.8) is 0 Å². The maximum Gasteiger partial charge on any atom is 0.243 e. The molecule has 0 aliphatic carbocycles. The van der Waals surface area contributed by atoms with Crippen LogP contribution in [0.4, 0.5) is 4.39 Å². The first-order chi connectivity index (χ1) is 9.77. The van der Waals surface area contributed by atoms with Gasteiger partial charge in [-0.2, -0.15) is 4.31 Å². The molecule has 1 N–H and O–H groups in total. The number of nitrogens with zero attached hydrogens (tertiary/aromatic N) is 1. The lowest BCUT2D eigenvalue weighted by Gasteiger charge is -2.24. The van der Waals surface area contributed by atoms with Gasteiger partial charge in [-0.1, -0.05) is 38.8 Å². The van der Waals surface area contributed by atoms with Gasteiger partial charge < -0.3 is 5.11 Å². The summed E-state index contributed by atoms with van der Waals surface area (Å²) in [5.74, 6) is -0.643. The third kappa shape index (κ3) is 4.16. The van der Waals surface area contributed by atoms with E-state index in [4.69, 9.17) is 16.7 Å². The zero-order valence-electron chi connectivity index (χ0n) is 12.4. The molecule has 0 aliphatic heterocycles. The van der Waals surface area contributed by atoms with Crippen molar-refractivity contribution in [2.75, 3.05) is 13.1 Å². The van der Waals surface area contributed by atoms with Crippen LogP contribution >= 0.6 is 11.6 Å². The van der Waals surface area contributed by atoms with Gasteiger partial charge in [0.1, 0.15) is 5.82 Å². The summed E-state index contributed by atoms with van der Waals surface area (Å²) >= 11 is 5.69. The zero-order chi connectivity index (χ0) is 16.2. The number of aliphatic hydroxyl groups is 1. The Bertz CT molecular complexity index is 592. The largest absolute Gasteiger partial charge is 0.392 e. The Morgan fingerprint density at radius 1 is 1.38 bits per heavy atom. The van der Waals surface area contributed by atoms with Crippen LogP contribution in [0.25, 0.3) is 0 Å². The van der Waals surface area contributed by atoms with Crippen molar-refractivity contribution in [2.24, 2.45) is 5.92 Å². The quantitative estimate of drug-likeness (QED) is 0.832. The van der Waals surface area contributed by atoms with Crippen molar-refractivity contribution in [1.82, 2.24) is 4.31 Å². The van der Waals surface area contributed by atoms with Crippen LogP contribution in [-0.2, 0) is 16.6 Å². The van der Waals surface area contributed by atoms with Gasteiger partial charge in [-0.05, 0) is 18.1 Å². The van der Waals surface area contributed by atoms with Gasteiger partial charge in [-0.25, -0.2) is 12.8 Å². The maximum absolute atomic E-state index is 13.7. The summed E-state index contributed by atoms with van der Waals surface area (Å²) in [6.07, 6.45) is 0.850. The van der Waals surface area contributed by atoms with Gasteiger partial charge >= 0.3 is 0 Å². The number of benzene rings is 1. The lowest BCUT2D eigenvalue weighted by atomic mass is 10.1. The van der Waals surface area contributed by atoms with E-state index in [2.05, 4.69) is 0 Å². The van der Waals surface area contributed by atoms with Gasteiger partial charge in [0, 0.05) is 18.7 Å². The van der Waals surface area contributed by atoms with Crippen molar-refractivity contribution in [2.45, 2.75) is 38.7 Å². The molecule has 0 bridgehead atoms. The van der Waals surface area contributed by atoms with E-state index in [1.54, 1.807) is 6.92 Å². The Morgan fingerprint density at radius 3 is 2.48 bits per heavy atom. The molecule has 0 saturated carbocycles. The standard InChI is InChI=1S/C14H21ClFNO3S/c1-4-10(3)8-17(5-2)21(19,20)12-6-11(9-18)14(15)13(16)7-12/h6-7,10,18H,4-5,8-9H2,1-3H3. The maximum atomic E-state index is 13.7. The fraction of sp³-hybridized carbons (Fsp3) is 0.571. The molecule has 120 valence electrons. The third-order valence-corrected chi connectivity index (χ3v) is 5.79. The molecule has 0 amide bonds. The highest BCUT2D eigenvalue weighted by Crippen LogP contribution is 2.26. The highest BCUT2D eigenvalue weighted by Gasteiger charge is 2.26. The highest BCUT2D eigenvalue weighted by molar-refractivity contribution is 7.89. The lowest BCUT2D eigenvalue weighted by molar-refractivity contribution is 0.281. The Hall–Kier alpha value is -0.690. The van der Waals surface area contributed by atoms with Gasteiger partial charge in [-0.3, -0.25) is 0 Å². The summed E-state index contributed by atoms with van der Waals surface area (Å²) in [5.41, 5.74) is 0.0647. The topological polar surface area (TPSA) is 57.6 Å². The molecule has 7 heteroatoms. The summed E-state index contributed by atoms with van der Waals surface area (Å²) in [6.45, 7) is 5.83. The zero-order valence-corrected chi connectivity index (χ0v) is 14.0. The van der Waals surface area contributed by atoms with Crippen LogP contribution in [0.3, 0.4) is 0 Å². The summed E-state index contributed by atoms with van der Waals surface area (Å²) in [7, 11) is -3.80. The predicted octanol–water partition coefficient (Wildman–Crippen LogP) is 3.03. The van der Waals surface area contributed by atoms with Crippen molar-refractivity contribution < 1.29 is 17.9 Å². The molecule has 21 heavy (non-hydrogen) atoms. The van der Waals surface area contributed by atoms with Crippen LogP contribution in [-0.4, -0.2) is 30.9 Å². The Balaban J connectivity index is 3.26. The summed E-state index contributed by atoms with van der Waals surface area (Å²) in [6, 6.07) is 2.12. The summed E-state index contributed by atoms with van der Waals surface area (Å²) in [5, 5.41) is 8.90. The van der Waals surface area contributed by atoms with Crippen LogP contribution in [0.2, 0.25) is 5.02 Å². The minimum atomic E-state index is -3.80. The van der Waals surface area contributed by atoms with Crippen LogP contribution in [0.1, 0.15) is 32.8 Å². The lowest BCUT2D eigenvalue weighted by Crippen LogP contribution is -2.34. The van der Waals surface area contributed by atoms with Crippen molar-refractivity contribution in [3.05, 3.63) is 28.5 Å². The molecule has 0 spiro atoms. The number of hydrogen-bond acceptors (Lipinski definition) is 3. The first kappa shape index (κ1) is 18.4. The molecule has 1 atom stereocenters. The van der Waals surface area contributed by atoms with Gasteiger partial charge in [-0.15, -0.1) is 0 Å². The fourth-order valence-electron chi connectivity index (χ4n) is 1.91. The average Bonchev–Trinajstić information content (AvgIpc) is 2.46. The van der Waals surface area contributed by atoms with E-state index in [-0.39, 0.29) is 21.4 Å². The van der Waals surface area contributed by atoms with E-state index in [0.29, 0.717) is 13.1 Å². The summed E-state index contributed by atoms with van der Waals surface area (Å²) < 4.78 is 40.2. The molecule has 0 saturated heterocycles. The highest BCUT2D eigenvalue weighted by atomic mass is 35.5. The average molecular weight is 338 g/mol. The first-order valence-corrected chi connectivity index (χ1v) is 8.68. The van der Waals surface area contributed by atoms with Gasteiger partial charge in [0.05, 0.1) is 16.5 Å². The molecule has 1 aromatic carbocycles. The monoisotopic (exact) mass is 337 g/mol. The van der Waals surface area contributed by atoms with Crippen LogP contribution in [0.15, 0.2) is 17.0 Å². The minimum Gasteiger partial charge on any atom is -0.392 e. The molecular formula is C14H21ClFNO3S. The van der Waals surface area contributed by atoms with Crippen molar-refractivity contribution >= 4 is 21.6 Å². The second-order valence-corrected chi connectivity index (χ2v) is 7.32.